The number of nitrogens with one attached hydrogen (secondary N) is 1. The van der Waals surface area contributed by atoms with Crippen LogP contribution >= 0.6 is 0 Å². The van der Waals surface area contributed by atoms with Gasteiger partial charge in [0, 0.05) is 41.2 Å². The number of aromatic nitrogens is 3. The van der Waals surface area contributed by atoms with E-state index in [-0.39, 0.29) is 29.7 Å². The molecule has 2 aromatic heterocycles. The van der Waals surface area contributed by atoms with Crippen LogP contribution in [0.1, 0.15) is 123 Å². The zero-order valence-electron chi connectivity index (χ0n) is 31.8. The van der Waals surface area contributed by atoms with Gasteiger partial charge in [0.25, 0.3) is 11.8 Å². The summed E-state index contributed by atoms with van der Waals surface area (Å²) in [5.74, 6) is 0.280. The van der Waals surface area contributed by atoms with Crippen LogP contribution in [0.15, 0.2) is 42.6 Å². The van der Waals surface area contributed by atoms with Gasteiger partial charge in [-0.3, -0.25) is 14.3 Å². The van der Waals surface area contributed by atoms with Gasteiger partial charge in [-0.1, -0.05) is 25.3 Å². The molecule has 4 heterocycles. The Hall–Kier alpha value is -4.42. The number of hydrogen-bond acceptors (Lipinski definition) is 7. The van der Waals surface area contributed by atoms with Gasteiger partial charge in [-0.15, -0.1) is 0 Å². The summed E-state index contributed by atoms with van der Waals surface area (Å²) >= 11 is 0. The number of allylic oxidation sites excluding steroid dienone is 1. The molecule has 2 amide bonds. The summed E-state index contributed by atoms with van der Waals surface area (Å²) in [6.07, 6.45) is 9.28. The quantitative estimate of drug-likeness (QED) is 0.199. The molecule has 0 radical (unpaired) electrons. The highest BCUT2D eigenvalue weighted by molar-refractivity contribution is 7.90. The lowest BCUT2D eigenvalue weighted by Crippen LogP contribution is -2.48. The van der Waals surface area contributed by atoms with Crippen LogP contribution in [-0.2, 0) is 21.3 Å². The fourth-order valence-electron chi connectivity index (χ4n) is 8.38. The molecule has 2 unspecified atom stereocenters. The summed E-state index contributed by atoms with van der Waals surface area (Å²) in [7, 11) is -2.18. The van der Waals surface area contributed by atoms with Crippen molar-refractivity contribution in [2.24, 2.45) is 0 Å². The van der Waals surface area contributed by atoms with Crippen molar-refractivity contribution in [1.29, 1.82) is 0 Å². The number of benzene rings is 2. The van der Waals surface area contributed by atoms with Gasteiger partial charge >= 0.3 is 0 Å². The monoisotopic (exact) mass is 741 g/mol. The molecule has 0 bridgehead atoms. The third kappa shape index (κ3) is 6.91. The molecule has 2 atom stereocenters. The van der Waals surface area contributed by atoms with Crippen LogP contribution in [0.4, 0.5) is 0 Å². The second-order valence-electron chi connectivity index (χ2n) is 15.5. The predicted octanol–water partition coefficient (Wildman–Crippen LogP) is 7.41. The Labute approximate surface area is 312 Å². The number of ether oxygens (including phenoxy) is 2. The van der Waals surface area contributed by atoms with Gasteiger partial charge in [-0.25, -0.2) is 13.1 Å². The first-order valence-corrected chi connectivity index (χ1v) is 20.5. The first-order valence-electron chi connectivity index (χ1n) is 18.9. The molecular weight excluding hydrogens is 691 g/mol. The summed E-state index contributed by atoms with van der Waals surface area (Å²) in [6, 6.07) is 11.6. The van der Waals surface area contributed by atoms with E-state index in [2.05, 4.69) is 35.3 Å². The van der Waals surface area contributed by atoms with E-state index < -0.39 is 21.2 Å². The van der Waals surface area contributed by atoms with Crippen LogP contribution in [0.3, 0.4) is 0 Å². The molecule has 0 spiro atoms. The molecule has 4 aromatic rings. The summed E-state index contributed by atoms with van der Waals surface area (Å²) in [5, 5.41) is 5.09. The number of amides is 2. The Bertz CT molecular complexity index is 2200. The van der Waals surface area contributed by atoms with E-state index in [4.69, 9.17) is 14.6 Å². The SMILES string of the molecule is COc1ccc2c(c1)C=C(c1c(C(=O)N3CC(C)OC(C)C3)cnn1C(C)C)Cn1c-2c(C2CCCCC2)c2ccc(C(=O)NS(=O)(=O)C(C)C)cc21. The van der Waals surface area contributed by atoms with Crippen molar-refractivity contribution in [3.05, 3.63) is 70.5 Å². The van der Waals surface area contributed by atoms with Crippen molar-refractivity contribution in [2.75, 3.05) is 20.2 Å². The van der Waals surface area contributed by atoms with Gasteiger partial charge in [0.15, 0.2) is 0 Å². The van der Waals surface area contributed by atoms with E-state index in [1.165, 1.54) is 12.0 Å². The Morgan fingerprint density at radius 1 is 0.962 bits per heavy atom. The molecule has 2 aliphatic heterocycles. The fraction of sp³-hybridized carbons (Fsp3) is 0.488. The Morgan fingerprint density at radius 2 is 1.68 bits per heavy atom. The predicted molar refractivity (Wildman–Crippen MR) is 208 cm³/mol. The van der Waals surface area contributed by atoms with Crippen molar-refractivity contribution >= 4 is 44.4 Å². The molecule has 2 fully saturated rings. The van der Waals surface area contributed by atoms with Crippen LogP contribution in [0.2, 0.25) is 0 Å². The highest BCUT2D eigenvalue weighted by atomic mass is 32.2. The van der Waals surface area contributed by atoms with Gasteiger partial charge in [-0.05, 0) is 113 Å². The zero-order valence-corrected chi connectivity index (χ0v) is 32.6. The molecular formula is C41H51N5O6S. The maximum Gasteiger partial charge on any atom is 0.264 e. The lowest BCUT2D eigenvalue weighted by Gasteiger charge is -2.35. The van der Waals surface area contributed by atoms with Crippen LogP contribution in [0.25, 0.3) is 33.8 Å². The summed E-state index contributed by atoms with van der Waals surface area (Å²) in [4.78, 5) is 29.8. The van der Waals surface area contributed by atoms with Crippen LogP contribution in [-0.4, -0.2) is 77.1 Å². The lowest BCUT2D eigenvalue weighted by molar-refractivity contribution is -0.0586. The van der Waals surface area contributed by atoms with E-state index in [9.17, 15) is 18.0 Å². The number of sulfonamides is 1. The third-order valence-corrected chi connectivity index (χ3v) is 12.6. The van der Waals surface area contributed by atoms with E-state index in [0.717, 1.165) is 70.4 Å². The lowest BCUT2D eigenvalue weighted by atomic mass is 9.81. The van der Waals surface area contributed by atoms with E-state index in [1.54, 1.807) is 33.2 Å². The number of rotatable bonds is 8. The van der Waals surface area contributed by atoms with Gasteiger partial charge in [0.05, 0.1) is 54.3 Å². The third-order valence-electron chi connectivity index (χ3n) is 10.9. The molecule has 1 saturated carbocycles. The average molecular weight is 742 g/mol. The molecule has 11 nitrogen and oxygen atoms in total. The molecule has 12 heteroatoms. The molecule has 53 heavy (non-hydrogen) atoms. The summed E-state index contributed by atoms with van der Waals surface area (Å²) < 4.78 is 43.7. The van der Waals surface area contributed by atoms with Crippen molar-refractivity contribution < 1.29 is 27.5 Å². The molecule has 3 aliphatic rings. The highest BCUT2D eigenvalue weighted by Gasteiger charge is 2.34. The normalized spacial score (nSPS) is 19.6. The number of methoxy groups -OCH3 is 1. The number of fused-ring (bicyclic) bond motifs is 5. The van der Waals surface area contributed by atoms with Gasteiger partial charge in [-0.2, -0.15) is 5.10 Å². The van der Waals surface area contributed by atoms with Crippen LogP contribution < -0.4 is 9.46 Å². The smallest absolute Gasteiger partial charge is 0.264 e. The number of hydrogen-bond donors (Lipinski definition) is 1. The molecule has 7 rings (SSSR count). The first-order chi connectivity index (χ1) is 25.3. The van der Waals surface area contributed by atoms with Crippen LogP contribution in [0, 0.1) is 0 Å². The van der Waals surface area contributed by atoms with E-state index >= 15 is 0 Å². The number of carbonyl (C=O) groups is 2. The second kappa shape index (κ2) is 14.4. The largest absolute Gasteiger partial charge is 0.497 e. The van der Waals surface area contributed by atoms with Gasteiger partial charge in [0.2, 0.25) is 10.0 Å². The maximum atomic E-state index is 14.4. The maximum absolute atomic E-state index is 14.4. The molecule has 1 N–H and O–H groups in total. The van der Waals surface area contributed by atoms with Gasteiger partial charge in [0.1, 0.15) is 5.75 Å². The fourth-order valence-corrected chi connectivity index (χ4v) is 8.99. The minimum atomic E-state index is -3.84. The van der Waals surface area contributed by atoms with Crippen molar-refractivity contribution in [2.45, 2.75) is 110 Å². The van der Waals surface area contributed by atoms with E-state index in [1.807, 2.05) is 47.7 Å². The number of morpholine rings is 1. The topological polar surface area (TPSA) is 125 Å². The minimum Gasteiger partial charge on any atom is -0.497 e. The first kappa shape index (κ1) is 36.9. The van der Waals surface area contributed by atoms with Crippen LogP contribution in [0.5, 0.6) is 5.75 Å². The summed E-state index contributed by atoms with van der Waals surface area (Å²) in [5.41, 5.74) is 7.58. The molecule has 2 aromatic carbocycles. The number of nitrogens with zero attached hydrogens (tertiary/aromatic N) is 4. The molecule has 1 aliphatic carbocycles. The Morgan fingerprint density at radius 3 is 2.34 bits per heavy atom. The Balaban J connectivity index is 1.46. The zero-order chi connectivity index (χ0) is 37.8. The molecule has 1 saturated heterocycles. The van der Waals surface area contributed by atoms with Crippen molar-refractivity contribution in [1.82, 2.24) is 24.0 Å². The molecule has 282 valence electrons. The second-order valence-corrected chi connectivity index (χ2v) is 17.7. The minimum absolute atomic E-state index is 0.0418. The van der Waals surface area contributed by atoms with Gasteiger partial charge < -0.3 is 18.9 Å². The van der Waals surface area contributed by atoms with Crippen molar-refractivity contribution in [3.63, 3.8) is 0 Å². The van der Waals surface area contributed by atoms with Crippen molar-refractivity contribution in [3.8, 4) is 17.0 Å². The number of carbonyl (C=O) groups excluding carboxylic acids is 2. The highest BCUT2D eigenvalue weighted by Crippen LogP contribution is 2.48. The Kier molecular flexibility index (Phi) is 10.1. The summed E-state index contributed by atoms with van der Waals surface area (Å²) in [6.45, 7) is 12.6. The van der Waals surface area contributed by atoms with E-state index in [0.29, 0.717) is 31.1 Å². The average Bonchev–Trinajstić information content (AvgIpc) is 3.66. The standard InChI is InChI=1S/C41H51N5O6S/c1-24(2)46-38(35(20-42-46)41(48)44-21-26(5)52-27(6)22-44)31-17-30-18-32(51-7)14-16-33(30)39-37(28-11-9-8-10-12-28)34-15-13-29(19-36(34)45(39)23-31)40(47)43-53(49,50)25(3)4/h13-20,24-28H,8-12,21-23H2,1-7H3,(H,43,47).